The number of nitrogens with zero attached hydrogens (tertiary/aromatic N) is 2. The van der Waals surface area contributed by atoms with Crippen molar-refractivity contribution in [3.63, 3.8) is 0 Å². The highest BCUT2D eigenvalue weighted by Gasteiger charge is 2.35. The third-order valence-electron chi connectivity index (χ3n) is 3.63. The van der Waals surface area contributed by atoms with Crippen molar-refractivity contribution in [3.05, 3.63) is 30.3 Å². The van der Waals surface area contributed by atoms with E-state index >= 15 is 0 Å². The predicted octanol–water partition coefficient (Wildman–Crippen LogP) is 2.08. The van der Waals surface area contributed by atoms with Crippen LogP contribution in [0.3, 0.4) is 0 Å². The molecule has 0 heterocycles. The maximum absolute atomic E-state index is 12.0. The first-order valence-corrected chi connectivity index (χ1v) is 6.64. The standard InChI is InChI=1S/C15H19N3O/c1-18(13-7-3-2-4-8-13)11-14(19)17-15(12-16)9-5-6-10-15/h2-4,7-8H,5-6,9-11H2,1H3,(H,17,19). The molecule has 0 saturated heterocycles. The zero-order valence-electron chi connectivity index (χ0n) is 11.2. The topological polar surface area (TPSA) is 56.1 Å². The highest BCUT2D eigenvalue weighted by atomic mass is 16.2. The molecule has 0 bridgehead atoms. The monoisotopic (exact) mass is 257 g/mol. The summed E-state index contributed by atoms with van der Waals surface area (Å²) in [5.74, 6) is -0.0881. The van der Waals surface area contributed by atoms with E-state index in [1.807, 2.05) is 42.3 Å². The van der Waals surface area contributed by atoms with Gasteiger partial charge >= 0.3 is 0 Å². The summed E-state index contributed by atoms with van der Waals surface area (Å²) in [5, 5.41) is 12.1. The first kappa shape index (κ1) is 13.4. The lowest BCUT2D eigenvalue weighted by atomic mass is 10.00. The van der Waals surface area contributed by atoms with E-state index in [-0.39, 0.29) is 12.5 Å². The van der Waals surface area contributed by atoms with Crippen LogP contribution in [0.5, 0.6) is 0 Å². The lowest BCUT2D eigenvalue weighted by Gasteiger charge is -2.25. The van der Waals surface area contributed by atoms with Gasteiger partial charge in [0.05, 0.1) is 12.6 Å². The SMILES string of the molecule is CN(CC(=O)NC1(C#N)CCCC1)c1ccccc1. The van der Waals surface area contributed by atoms with E-state index in [2.05, 4.69) is 11.4 Å². The summed E-state index contributed by atoms with van der Waals surface area (Å²) in [7, 11) is 1.88. The Morgan fingerprint density at radius 2 is 2.00 bits per heavy atom. The highest BCUT2D eigenvalue weighted by molar-refractivity contribution is 5.82. The van der Waals surface area contributed by atoms with E-state index in [0.29, 0.717) is 0 Å². The average Bonchev–Trinajstić information content (AvgIpc) is 2.88. The predicted molar refractivity (Wildman–Crippen MR) is 74.7 cm³/mol. The van der Waals surface area contributed by atoms with Gasteiger partial charge in [-0.1, -0.05) is 18.2 Å². The Kier molecular flexibility index (Phi) is 4.06. The van der Waals surface area contributed by atoms with Crippen LogP contribution in [0, 0.1) is 11.3 Å². The Balaban J connectivity index is 1.93. The number of nitriles is 1. The van der Waals surface area contributed by atoms with Crippen LogP contribution < -0.4 is 10.2 Å². The molecule has 1 aliphatic carbocycles. The Morgan fingerprint density at radius 1 is 1.37 bits per heavy atom. The summed E-state index contributed by atoms with van der Waals surface area (Å²) in [4.78, 5) is 13.9. The number of likely N-dealkylation sites (N-methyl/N-ethyl adjacent to an activating group) is 1. The number of nitrogens with one attached hydrogen (secondary N) is 1. The van der Waals surface area contributed by atoms with Crippen molar-refractivity contribution in [2.75, 3.05) is 18.5 Å². The molecule has 2 rings (SSSR count). The summed E-state index contributed by atoms with van der Waals surface area (Å²) in [6.45, 7) is 0.271. The number of hydrogen-bond acceptors (Lipinski definition) is 3. The number of carbonyl (C=O) groups is 1. The second kappa shape index (κ2) is 5.75. The van der Waals surface area contributed by atoms with Gasteiger partial charge in [-0.15, -0.1) is 0 Å². The molecule has 19 heavy (non-hydrogen) atoms. The van der Waals surface area contributed by atoms with Crippen molar-refractivity contribution < 1.29 is 4.79 Å². The second-order valence-electron chi connectivity index (χ2n) is 5.14. The third kappa shape index (κ3) is 3.25. The molecule has 4 heteroatoms. The number of hydrogen-bond donors (Lipinski definition) is 1. The summed E-state index contributed by atoms with van der Waals surface area (Å²) in [5.41, 5.74) is 0.365. The Morgan fingerprint density at radius 3 is 2.58 bits per heavy atom. The van der Waals surface area contributed by atoms with E-state index in [1.54, 1.807) is 0 Å². The van der Waals surface area contributed by atoms with Crippen LogP contribution in [0.15, 0.2) is 30.3 Å². The zero-order chi connectivity index (χ0) is 13.7. The molecule has 0 aromatic heterocycles. The molecule has 1 saturated carbocycles. The molecule has 0 spiro atoms. The molecular weight excluding hydrogens is 238 g/mol. The third-order valence-corrected chi connectivity index (χ3v) is 3.63. The van der Waals surface area contributed by atoms with Gasteiger partial charge in [0.1, 0.15) is 5.54 Å². The lowest BCUT2D eigenvalue weighted by molar-refractivity contribution is -0.121. The first-order chi connectivity index (χ1) is 9.15. The molecule has 0 atom stereocenters. The van der Waals surface area contributed by atoms with E-state index < -0.39 is 5.54 Å². The summed E-state index contributed by atoms with van der Waals surface area (Å²) >= 11 is 0. The van der Waals surface area contributed by atoms with Crippen molar-refractivity contribution in [1.82, 2.24) is 5.32 Å². The van der Waals surface area contributed by atoms with Crippen LogP contribution in [-0.4, -0.2) is 25.0 Å². The maximum atomic E-state index is 12.0. The Labute approximate surface area is 114 Å². The highest BCUT2D eigenvalue weighted by Crippen LogP contribution is 2.28. The van der Waals surface area contributed by atoms with Crippen molar-refractivity contribution in [2.24, 2.45) is 0 Å². The smallest absolute Gasteiger partial charge is 0.240 e. The normalized spacial score (nSPS) is 16.6. The molecule has 0 radical (unpaired) electrons. The number of para-hydroxylation sites is 1. The molecule has 0 aliphatic heterocycles. The number of rotatable bonds is 4. The summed E-state index contributed by atoms with van der Waals surface area (Å²) in [6.07, 6.45) is 3.57. The van der Waals surface area contributed by atoms with Crippen molar-refractivity contribution in [3.8, 4) is 6.07 Å². The van der Waals surface area contributed by atoms with Gasteiger partial charge in [-0.3, -0.25) is 4.79 Å². The lowest BCUT2D eigenvalue weighted by Crippen LogP contribution is -2.48. The van der Waals surface area contributed by atoms with Crippen molar-refractivity contribution >= 4 is 11.6 Å². The van der Waals surface area contributed by atoms with E-state index in [0.717, 1.165) is 31.4 Å². The van der Waals surface area contributed by atoms with E-state index in [9.17, 15) is 10.1 Å². The number of anilines is 1. The van der Waals surface area contributed by atoms with E-state index in [4.69, 9.17) is 0 Å². The quantitative estimate of drug-likeness (QED) is 0.898. The number of benzene rings is 1. The van der Waals surface area contributed by atoms with Crippen LogP contribution in [0.25, 0.3) is 0 Å². The molecule has 1 fully saturated rings. The van der Waals surface area contributed by atoms with Gasteiger partial charge in [0, 0.05) is 12.7 Å². The Bertz CT molecular complexity index is 472. The number of carbonyl (C=O) groups excluding carboxylic acids is 1. The molecule has 0 unspecified atom stereocenters. The minimum Gasteiger partial charge on any atom is -0.365 e. The molecular formula is C15H19N3O. The fraction of sp³-hybridized carbons (Fsp3) is 0.467. The van der Waals surface area contributed by atoms with Crippen LogP contribution in [0.4, 0.5) is 5.69 Å². The average molecular weight is 257 g/mol. The Hall–Kier alpha value is -2.02. The van der Waals surface area contributed by atoms with Crippen LogP contribution in [-0.2, 0) is 4.79 Å². The van der Waals surface area contributed by atoms with Gasteiger partial charge in [-0.2, -0.15) is 5.26 Å². The zero-order valence-corrected chi connectivity index (χ0v) is 11.2. The van der Waals surface area contributed by atoms with Crippen molar-refractivity contribution in [2.45, 2.75) is 31.2 Å². The minimum absolute atomic E-state index is 0.0881. The summed E-state index contributed by atoms with van der Waals surface area (Å²) in [6, 6.07) is 12.0. The fourth-order valence-corrected chi connectivity index (χ4v) is 2.54. The van der Waals surface area contributed by atoms with Crippen molar-refractivity contribution in [1.29, 1.82) is 5.26 Å². The van der Waals surface area contributed by atoms with Gasteiger partial charge < -0.3 is 10.2 Å². The molecule has 4 nitrogen and oxygen atoms in total. The van der Waals surface area contributed by atoms with Crippen LogP contribution in [0.1, 0.15) is 25.7 Å². The van der Waals surface area contributed by atoms with E-state index in [1.165, 1.54) is 0 Å². The first-order valence-electron chi connectivity index (χ1n) is 6.64. The maximum Gasteiger partial charge on any atom is 0.240 e. The van der Waals surface area contributed by atoms with Gasteiger partial charge in [0.25, 0.3) is 0 Å². The van der Waals surface area contributed by atoms with Gasteiger partial charge in [0.2, 0.25) is 5.91 Å². The molecule has 1 N–H and O–H groups in total. The van der Waals surface area contributed by atoms with Gasteiger partial charge in [-0.05, 0) is 37.8 Å². The fourth-order valence-electron chi connectivity index (χ4n) is 2.54. The van der Waals surface area contributed by atoms with Crippen LogP contribution in [0.2, 0.25) is 0 Å². The van der Waals surface area contributed by atoms with Gasteiger partial charge in [0.15, 0.2) is 0 Å². The summed E-state index contributed by atoms with van der Waals surface area (Å²) < 4.78 is 0. The molecule has 1 aliphatic rings. The largest absolute Gasteiger partial charge is 0.365 e. The molecule has 1 aromatic carbocycles. The van der Waals surface area contributed by atoms with Crippen LogP contribution >= 0.6 is 0 Å². The minimum atomic E-state index is -0.630. The second-order valence-corrected chi connectivity index (χ2v) is 5.14. The molecule has 1 amide bonds. The number of amides is 1. The molecule has 100 valence electrons. The molecule has 1 aromatic rings. The van der Waals surface area contributed by atoms with Gasteiger partial charge in [-0.25, -0.2) is 0 Å².